The summed E-state index contributed by atoms with van der Waals surface area (Å²) in [4.78, 5) is 56.2. The molecule has 0 unspecified atom stereocenters. The van der Waals surface area contributed by atoms with E-state index in [4.69, 9.17) is 18.9 Å². The minimum atomic E-state index is -1.20. The second-order valence-corrected chi connectivity index (χ2v) is 6.23. The summed E-state index contributed by atoms with van der Waals surface area (Å²) in [6.07, 6.45) is -4.54. The fraction of sp³-hybridized carbons (Fsp3) is 0.750. The van der Waals surface area contributed by atoms with Crippen molar-refractivity contribution in [2.45, 2.75) is 64.6 Å². The third kappa shape index (κ3) is 7.47. The highest BCUT2D eigenvalue weighted by Crippen LogP contribution is 2.28. The average molecular weight is 404 g/mol. The molecule has 0 radical (unpaired) electrons. The summed E-state index contributed by atoms with van der Waals surface area (Å²) in [7, 11) is 0. The number of ether oxygens (including phenoxy) is 4. The second kappa shape index (κ2) is 10.5. The van der Waals surface area contributed by atoms with Crippen LogP contribution < -0.4 is 5.32 Å². The Kier molecular flexibility index (Phi) is 8.76. The van der Waals surface area contributed by atoms with Gasteiger partial charge in [0.25, 0.3) is 0 Å². The smallest absolute Gasteiger partial charge is 0.303 e. The molecule has 0 aromatic heterocycles. The van der Waals surface area contributed by atoms with Gasteiger partial charge in [-0.15, -0.1) is 0 Å². The van der Waals surface area contributed by atoms with E-state index >= 15 is 0 Å². The van der Waals surface area contributed by atoms with Crippen molar-refractivity contribution in [2.24, 2.45) is 0 Å². The SMILES string of the molecule is CC(=O)N[C@@H]1[C@@H](OC(C)=O)[C@H](OC(C)=O)[C@@H](COC(C)=O)O[C@H]1CC[N+](=O)[O-]. The normalized spacial score (nSPS) is 26.6. The first-order valence-electron chi connectivity index (χ1n) is 8.53. The Morgan fingerprint density at radius 1 is 0.964 bits per heavy atom. The van der Waals surface area contributed by atoms with Crippen LogP contribution in [0.3, 0.4) is 0 Å². The van der Waals surface area contributed by atoms with Crippen LogP contribution in [0.4, 0.5) is 0 Å². The summed E-state index contributed by atoms with van der Waals surface area (Å²) in [5, 5.41) is 13.3. The van der Waals surface area contributed by atoms with E-state index in [9.17, 15) is 29.3 Å². The molecule has 12 heteroatoms. The van der Waals surface area contributed by atoms with E-state index < -0.39 is 65.7 Å². The molecule has 12 nitrogen and oxygen atoms in total. The monoisotopic (exact) mass is 404 g/mol. The van der Waals surface area contributed by atoms with Gasteiger partial charge < -0.3 is 24.3 Å². The van der Waals surface area contributed by atoms with Crippen LogP contribution in [0, 0.1) is 10.1 Å². The zero-order valence-corrected chi connectivity index (χ0v) is 16.0. The van der Waals surface area contributed by atoms with Gasteiger partial charge >= 0.3 is 17.9 Å². The lowest BCUT2D eigenvalue weighted by Gasteiger charge is -2.45. The van der Waals surface area contributed by atoms with Gasteiger partial charge in [-0.2, -0.15) is 0 Å². The van der Waals surface area contributed by atoms with Crippen molar-refractivity contribution < 1.29 is 43.0 Å². The molecule has 0 spiro atoms. The topological polar surface area (TPSA) is 160 Å². The van der Waals surface area contributed by atoms with Crippen LogP contribution in [0.15, 0.2) is 0 Å². The van der Waals surface area contributed by atoms with Crippen molar-refractivity contribution in [3.05, 3.63) is 10.1 Å². The van der Waals surface area contributed by atoms with E-state index in [0.29, 0.717) is 0 Å². The molecule has 1 N–H and O–H groups in total. The molecule has 1 aliphatic rings. The quantitative estimate of drug-likeness (QED) is 0.238. The van der Waals surface area contributed by atoms with Gasteiger partial charge in [-0.3, -0.25) is 29.3 Å². The number of nitrogens with one attached hydrogen (secondary N) is 1. The van der Waals surface area contributed by atoms with Crippen molar-refractivity contribution in [3.63, 3.8) is 0 Å². The van der Waals surface area contributed by atoms with Gasteiger partial charge in [-0.05, 0) is 0 Å². The van der Waals surface area contributed by atoms with E-state index in [2.05, 4.69) is 5.32 Å². The Hall–Kier alpha value is -2.76. The number of carbonyl (C=O) groups is 4. The maximum atomic E-state index is 11.6. The van der Waals surface area contributed by atoms with Crippen LogP contribution in [-0.4, -0.2) is 72.3 Å². The molecule has 1 rings (SSSR count). The number of hydrogen-bond donors (Lipinski definition) is 1. The molecule has 1 fully saturated rings. The number of amides is 1. The number of hydrogen-bond acceptors (Lipinski definition) is 10. The molecule has 1 heterocycles. The lowest BCUT2D eigenvalue weighted by Crippen LogP contribution is -2.66. The third-order valence-electron chi connectivity index (χ3n) is 3.82. The summed E-state index contributed by atoms with van der Waals surface area (Å²) >= 11 is 0. The van der Waals surface area contributed by atoms with Crippen molar-refractivity contribution >= 4 is 23.8 Å². The van der Waals surface area contributed by atoms with Crippen LogP contribution in [0.5, 0.6) is 0 Å². The molecular weight excluding hydrogens is 380 g/mol. The predicted octanol–water partition coefficient (Wildman–Crippen LogP) is -0.648. The second-order valence-electron chi connectivity index (χ2n) is 6.23. The van der Waals surface area contributed by atoms with E-state index in [-0.39, 0.29) is 13.0 Å². The van der Waals surface area contributed by atoms with Gasteiger partial charge in [0.15, 0.2) is 12.2 Å². The molecule has 1 saturated heterocycles. The molecule has 1 amide bonds. The van der Waals surface area contributed by atoms with Crippen LogP contribution in [0.2, 0.25) is 0 Å². The van der Waals surface area contributed by atoms with Gasteiger partial charge in [-0.1, -0.05) is 0 Å². The van der Waals surface area contributed by atoms with E-state index in [1.807, 2.05) is 0 Å². The molecule has 28 heavy (non-hydrogen) atoms. The molecule has 0 aromatic rings. The standard InChI is InChI=1S/C16H24N2O10/c1-8(19)17-14-12(5-6-18(23)24)28-13(7-25-9(2)20)15(26-10(3)21)16(14)27-11(4)22/h12-16H,5-7H2,1-4H3,(H,17,19)/t12-,13+,14-,15+,16+/m0/s1. The molecule has 0 bridgehead atoms. The number of esters is 3. The zero-order chi connectivity index (χ0) is 21.4. The highest BCUT2D eigenvalue weighted by Gasteiger charge is 2.50. The lowest BCUT2D eigenvalue weighted by atomic mass is 9.90. The fourth-order valence-electron chi connectivity index (χ4n) is 2.90. The molecule has 1 aliphatic heterocycles. The van der Waals surface area contributed by atoms with Crippen LogP contribution in [0.1, 0.15) is 34.1 Å². The highest BCUT2D eigenvalue weighted by atomic mass is 16.6. The van der Waals surface area contributed by atoms with Gasteiger partial charge in [0.2, 0.25) is 12.5 Å². The maximum absolute atomic E-state index is 11.6. The Balaban J connectivity index is 3.26. The van der Waals surface area contributed by atoms with Crippen molar-refractivity contribution in [1.29, 1.82) is 0 Å². The predicted molar refractivity (Wildman–Crippen MR) is 90.5 cm³/mol. The number of rotatable bonds is 8. The average Bonchev–Trinajstić information content (AvgIpc) is 2.54. The Labute approximate surface area is 161 Å². The number of nitrogens with zero attached hydrogens (tertiary/aromatic N) is 1. The first-order valence-corrected chi connectivity index (χ1v) is 8.53. The maximum Gasteiger partial charge on any atom is 0.303 e. The molecule has 0 aliphatic carbocycles. The largest absolute Gasteiger partial charge is 0.463 e. The van der Waals surface area contributed by atoms with Crippen molar-refractivity contribution in [2.75, 3.05) is 13.2 Å². The van der Waals surface area contributed by atoms with Gasteiger partial charge in [-0.25, -0.2) is 0 Å². The van der Waals surface area contributed by atoms with Gasteiger partial charge in [0.05, 0.1) is 12.1 Å². The Bertz CT molecular complexity index is 579. The summed E-state index contributed by atoms with van der Waals surface area (Å²) in [5.41, 5.74) is 0. The van der Waals surface area contributed by atoms with Gasteiger partial charge in [0.1, 0.15) is 12.7 Å². The number of carbonyl (C=O) groups excluding carboxylic acids is 4. The summed E-state index contributed by atoms with van der Waals surface area (Å²) in [6, 6.07) is -1.01. The number of nitro groups is 1. The lowest BCUT2D eigenvalue weighted by molar-refractivity contribution is -0.483. The molecule has 0 saturated carbocycles. The summed E-state index contributed by atoms with van der Waals surface area (Å²) in [6.45, 7) is 3.80. The zero-order valence-electron chi connectivity index (χ0n) is 16.0. The fourth-order valence-corrected chi connectivity index (χ4v) is 2.90. The van der Waals surface area contributed by atoms with E-state index in [1.54, 1.807) is 0 Å². The van der Waals surface area contributed by atoms with Crippen LogP contribution in [0.25, 0.3) is 0 Å². The Morgan fingerprint density at radius 3 is 2.00 bits per heavy atom. The van der Waals surface area contributed by atoms with Crippen molar-refractivity contribution in [1.82, 2.24) is 5.32 Å². The molecular formula is C16H24N2O10. The highest BCUT2D eigenvalue weighted by molar-refractivity contribution is 5.73. The first-order chi connectivity index (χ1) is 13.0. The molecule has 0 aromatic carbocycles. The van der Waals surface area contributed by atoms with Gasteiger partial charge in [0, 0.05) is 39.0 Å². The minimum Gasteiger partial charge on any atom is -0.463 e. The Morgan fingerprint density at radius 2 is 1.54 bits per heavy atom. The molecule has 5 atom stereocenters. The van der Waals surface area contributed by atoms with E-state index in [0.717, 1.165) is 20.8 Å². The molecule has 158 valence electrons. The van der Waals surface area contributed by atoms with Crippen LogP contribution in [-0.2, 0) is 38.1 Å². The summed E-state index contributed by atoms with van der Waals surface area (Å²) < 4.78 is 21.2. The summed E-state index contributed by atoms with van der Waals surface area (Å²) in [5.74, 6) is -2.57. The van der Waals surface area contributed by atoms with E-state index in [1.165, 1.54) is 6.92 Å². The third-order valence-corrected chi connectivity index (χ3v) is 3.82. The first kappa shape index (κ1) is 23.3. The minimum absolute atomic E-state index is 0.126. The van der Waals surface area contributed by atoms with Crippen molar-refractivity contribution in [3.8, 4) is 0 Å². The van der Waals surface area contributed by atoms with Crippen LogP contribution >= 0.6 is 0 Å².